The molecule has 1 aromatic heterocycles. The number of hydrogen-bond acceptors (Lipinski definition) is 5. The van der Waals surface area contributed by atoms with Gasteiger partial charge in [-0.15, -0.1) is 10.2 Å². The average Bonchev–Trinajstić information content (AvgIpc) is 2.89. The largest absolute Gasteiger partial charge is 0.347 e. The van der Waals surface area contributed by atoms with Crippen LogP contribution >= 0.6 is 0 Å². The summed E-state index contributed by atoms with van der Waals surface area (Å²) >= 11 is 0. The second kappa shape index (κ2) is 5.17. The monoisotopic (exact) mass is 232 g/mol. The second-order valence-corrected chi connectivity index (χ2v) is 3.43. The summed E-state index contributed by atoms with van der Waals surface area (Å²) in [5, 5.41) is 15.8. The lowest BCUT2D eigenvalue weighted by Crippen LogP contribution is -2.33. The summed E-state index contributed by atoms with van der Waals surface area (Å²) in [6.07, 6.45) is 0. The van der Waals surface area contributed by atoms with Crippen molar-refractivity contribution in [2.75, 3.05) is 0 Å². The molecule has 1 heterocycles. The van der Waals surface area contributed by atoms with Crippen molar-refractivity contribution in [2.24, 2.45) is 5.73 Å². The molecular formula is C10H12N6O. The van der Waals surface area contributed by atoms with E-state index in [2.05, 4.69) is 25.9 Å². The van der Waals surface area contributed by atoms with Crippen molar-refractivity contribution in [2.45, 2.75) is 12.6 Å². The van der Waals surface area contributed by atoms with E-state index >= 15 is 0 Å². The zero-order valence-corrected chi connectivity index (χ0v) is 9.00. The number of aromatic amines is 1. The molecule has 0 spiro atoms. The van der Waals surface area contributed by atoms with Crippen LogP contribution in [0.15, 0.2) is 30.3 Å². The number of carbonyl (C=O) groups excluding carboxylic acids is 1. The Labute approximate surface area is 97.4 Å². The van der Waals surface area contributed by atoms with Crippen LogP contribution in [0.2, 0.25) is 0 Å². The van der Waals surface area contributed by atoms with Crippen molar-refractivity contribution in [1.29, 1.82) is 0 Å². The molecule has 0 aliphatic rings. The molecule has 1 aromatic carbocycles. The van der Waals surface area contributed by atoms with E-state index in [0.29, 0.717) is 5.82 Å². The lowest BCUT2D eigenvalue weighted by molar-refractivity contribution is -0.122. The van der Waals surface area contributed by atoms with Crippen molar-refractivity contribution in [1.82, 2.24) is 25.9 Å². The van der Waals surface area contributed by atoms with Crippen molar-refractivity contribution in [3.8, 4) is 0 Å². The van der Waals surface area contributed by atoms with Gasteiger partial charge in [0.25, 0.3) is 0 Å². The van der Waals surface area contributed by atoms with E-state index < -0.39 is 6.04 Å². The molecule has 4 N–H and O–H groups in total. The van der Waals surface area contributed by atoms with Crippen LogP contribution in [-0.2, 0) is 11.3 Å². The third-order valence-corrected chi connectivity index (χ3v) is 2.25. The van der Waals surface area contributed by atoms with Crippen LogP contribution in [0.1, 0.15) is 17.4 Å². The van der Waals surface area contributed by atoms with Gasteiger partial charge in [-0.25, -0.2) is 0 Å². The summed E-state index contributed by atoms with van der Waals surface area (Å²) in [5.74, 6) is 0.139. The van der Waals surface area contributed by atoms with Gasteiger partial charge < -0.3 is 11.1 Å². The number of H-pyrrole nitrogens is 1. The molecule has 2 rings (SSSR count). The number of hydrogen-bond donors (Lipinski definition) is 3. The normalized spacial score (nSPS) is 12.1. The molecule has 0 saturated heterocycles. The van der Waals surface area contributed by atoms with Gasteiger partial charge in [0.2, 0.25) is 5.91 Å². The highest BCUT2D eigenvalue weighted by molar-refractivity contribution is 5.82. The Hall–Kier alpha value is -2.28. The van der Waals surface area contributed by atoms with Crippen molar-refractivity contribution in [3.63, 3.8) is 0 Å². The number of tetrazole rings is 1. The van der Waals surface area contributed by atoms with Gasteiger partial charge >= 0.3 is 0 Å². The summed E-state index contributed by atoms with van der Waals surface area (Å²) in [6, 6.07) is 8.46. The zero-order chi connectivity index (χ0) is 12.1. The number of nitrogens with zero attached hydrogens (tertiary/aromatic N) is 3. The molecule has 88 valence electrons. The van der Waals surface area contributed by atoms with E-state index in [9.17, 15) is 4.79 Å². The zero-order valence-electron chi connectivity index (χ0n) is 9.00. The molecule has 1 amide bonds. The number of nitrogens with one attached hydrogen (secondary N) is 2. The minimum Gasteiger partial charge on any atom is -0.347 e. The topological polar surface area (TPSA) is 110 Å². The lowest BCUT2D eigenvalue weighted by Gasteiger charge is -2.11. The van der Waals surface area contributed by atoms with E-state index in [4.69, 9.17) is 5.73 Å². The highest BCUT2D eigenvalue weighted by Gasteiger charge is 2.15. The van der Waals surface area contributed by atoms with E-state index in [1.807, 2.05) is 18.2 Å². The van der Waals surface area contributed by atoms with Crippen molar-refractivity contribution in [3.05, 3.63) is 41.7 Å². The Morgan fingerprint density at radius 1 is 1.41 bits per heavy atom. The molecule has 0 radical (unpaired) electrons. The summed E-state index contributed by atoms with van der Waals surface area (Å²) < 4.78 is 0. The summed E-state index contributed by atoms with van der Waals surface area (Å²) in [6.45, 7) is 0.204. The van der Waals surface area contributed by atoms with Crippen LogP contribution < -0.4 is 11.1 Å². The molecule has 1 atom stereocenters. The van der Waals surface area contributed by atoms with Gasteiger partial charge in [0, 0.05) is 0 Å². The Bertz CT molecular complexity index is 469. The minimum absolute atomic E-state index is 0.204. The van der Waals surface area contributed by atoms with Gasteiger partial charge in [-0.1, -0.05) is 35.5 Å². The Kier molecular flexibility index (Phi) is 3.41. The fraction of sp³-hybridized carbons (Fsp3) is 0.200. The third-order valence-electron chi connectivity index (χ3n) is 2.25. The first kappa shape index (κ1) is 11.2. The maximum Gasteiger partial charge on any atom is 0.241 e. The number of carbonyl (C=O) groups is 1. The highest BCUT2D eigenvalue weighted by atomic mass is 16.2. The molecule has 0 aliphatic heterocycles. The quantitative estimate of drug-likeness (QED) is 0.659. The maximum atomic E-state index is 11.7. The number of nitrogens with two attached hydrogens (primary N) is 1. The van der Waals surface area contributed by atoms with Crippen LogP contribution in [0.5, 0.6) is 0 Å². The van der Waals surface area contributed by atoms with Crippen molar-refractivity contribution < 1.29 is 4.79 Å². The first-order valence-corrected chi connectivity index (χ1v) is 5.08. The molecule has 0 bridgehead atoms. The van der Waals surface area contributed by atoms with Crippen LogP contribution in [0.3, 0.4) is 0 Å². The minimum atomic E-state index is -0.692. The molecule has 7 nitrogen and oxygen atoms in total. The molecule has 17 heavy (non-hydrogen) atoms. The number of benzene rings is 1. The maximum absolute atomic E-state index is 11.7. The Morgan fingerprint density at radius 2 is 2.18 bits per heavy atom. The van der Waals surface area contributed by atoms with Gasteiger partial charge in [-0.05, 0) is 5.56 Å². The summed E-state index contributed by atoms with van der Waals surface area (Å²) in [5.41, 5.74) is 6.56. The molecule has 0 fully saturated rings. The predicted octanol–water partition coefficient (Wildman–Crippen LogP) is -0.484. The third kappa shape index (κ3) is 2.85. The first-order chi connectivity index (χ1) is 8.27. The van der Waals surface area contributed by atoms with Crippen LogP contribution in [0, 0.1) is 0 Å². The molecule has 0 aliphatic carbocycles. The van der Waals surface area contributed by atoms with E-state index in [1.165, 1.54) is 0 Å². The molecule has 0 saturated carbocycles. The molecule has 7 heteroatoms. The first-order valence-electron chi connectivity index (χ1n) is 5.08. The number of rotatable bonds is 4. The molecular weight excluding hydrogens is 220 g/mol. The highest BCUT2D eigenvalue weighted by Crippen LogP contribution is 2.09. The number of amides is 1. The smallest absolute Gasteiger partial charge is 0.241 e. The Morgan fingerprint density at radius 3 is 2.82 bits per heavy atom. The molecule has 1 unspecified atom stereocenters. The Balaban J connectivity index is 1.92. The van der Waals surface area contributed by atoms with Gasteiger partial charge in [-0.2, -0.15) is 5.21 Å². The summed E-state index contributed by atoms with van der Waals surface area (Å²) in [4.78, 5) is 11.7. The summed E-state index contributed by atoms with van der Waals surface area (Å²) in [7, 11) is 0. The average molecular weight is 232 g/mol. The fourth-order valence-corrected chi connectivity index (χ4v) is 1.35. The second-order valence-electron chi connectivity index (χ2n) is 3.43. The van der Waals surface area contributed by atoms with Crippen LogP contribution in [0.4, 0.5) is 0 Å². The van der Waals surface area contributed by atoms with Gasteiger partial charge in [0.1, 0.15) is 6.04 Å². The molecule has 2 aromatic rings. The van der Waals surface area contributed by atoms with Crippen LogP contribution in [0.25, 0.3) is 0 Å². The van der Waals surface area contributed by atoms with E-state index in [1.54, 1.807) is 12.1 Å². The van der Waals surface area contributed by atoms with E-state index in [-0.39, 0.29) is 12.5 Å². The number of aromatic nitrogens is 4. The fourth-order valence-electron chi connectivity index (χ4n) is 1.35. The lowest BCUT2D eigenvalue weighted by atomic mass is 10.1. The van der Waals surface area contributed by atoms with Crippen molar-refractivity contribution >= 4 is 5.91 Å². The van der Waals surface area contributed by atoms with Crippen LogP contribution in [-0.4, -0.2) is 26.5 Å². The standard InChI is InChI=1S/C10H12N6O/c11-9(7-4-2-1-3-5-7)10(17)12-6-8-13-15-16-14-8/h1-5,9H,6,11H2,(H,12,17)(H,13,14,15,16). The predicted molar refractivity (Wildman–Crippen MR) is 59.4 cm³/mol. The van der Waals surface area contributed by atoms with Gasteiger partial charge in [0.05, 0.1) is 6.54 Å². The van der Waals surface area contributed by atoms with E-state index in [0.717, 1.165) is 5.56 Å². The van der Waals surface area contributed by atoms with Gasteiger partial charge in [0.15, 0.2) is 5.82 Å². The SMILES string of the molecule is NC(C(=O)NCc1nn[nH]n1)c1ccccc1. The van der Waals surface area contributed by atoms with Gasteiger partial charge in [-0.3, -0.25) is 4.79 Å².